The average molecular weight is 278 g/mol. The maximum Gasteiger partial charge on any atom is 0.234 e. The van der Waals surface area contributed by atoms with Gasteiger partial charge in [-0.05, 0) is 32.1 Å². The van der Waals surface area contributed by atoms with Crippen LogP contribution in [0.2, 0.25) is 0 Å². The maximum atomic E-state index is 12.4. The lowest BCUT2D eigenvalue weighted by Gasteiger charge is -2.28. The van der Waals surface area contributed by atoms with Gasteiger partial charge < -0.3 is 9.90 Å². The van der Waals surface area contributed by atoms with Crippen molar-refractivity contribution in [1.82, 2.24) is 4.90 Å². The predicted octanol–water partition coefficient (Wildman–Crippen LogP) is 0.492. The number of carboxylic acids is 1. The van der Waals surface area contributed by atoms with E-state index in [1.165, 1.54) is 0 Å². The minimum Gasteiger partial charge on any atom is -0.548 e. The van der Waals surface area contributed by atoms with Gasteiger partial charge >= 0.3 is 0 Å². The number of fused-ring (bicyclic) bond motifs is 1. The number of likely N-dealkylation sites (tertiary alicyclic amines) is 1. The first-order valence-electron chi connectivity index (χ1n) is 7.06. The van der Waals surface area contributed by atoms with Crippen molar-refractivity contribution in [2.75, 3.05) is 0 Å². The second-order valence-corrected chi connectivity index (χ2v) is 6.21. The highest BCUT2D eigenvalue weighted by molar-refractivity contribution is 6.07. The first-order valence-corrected chi connectivity index (χ1v) is 7.06. The molecule has 5 heteroatoms. The van der Waals surface area contributed by atoms with E-state index < -0.39 is 12.0 Å². The van der Waals surface area contributed by atoms with Gasteiger partial charge in [-0.15, -0.1) is 0 Å². The Morgan fingerprint density at radius 2 is 1.95 bits per heavy atom. The van der Waals surface area contributed by atoms with Gasteiger partial charge in [0, 0.05) is 0 Å². The molecule has 0 unspecified atom stereocenters. The molecule has 3 atom stereocenters. The van der Waals surface area contributed by atoms with Crippen LogP contribution in [0.3, 0.4) is 0 Å². The standard InChI is InChI=1S/C15H21NO4/c1-8(2)6-12(15(19)20)16-13(17)10-5-4-9(3)7-11(10)14(16)18/h4,8,10-12H,5-7H2,1-3H3,(H,19,20)/p-1/t10-,11-,12+/m1/s1. The summed E-state index contributed by atoms with van der Waals surface area (Å²) in [6.07, 6.45) is 3.28. The van der Waals surface area contributed by atoms with Gasteiger partial charge in [0.2, 0.25) is 11.8 Å². The van der Waals surface area contributed by atoms with Crippen LogP contribution < -0.4 is 5.11 Å². The highest BCUT2D eigenvalue weighted by Gasteiger charge is 2.50. The zero-order chi connectivity index (χ0) is 15.0. The Labute approximate surface area is 118 Å². The SMILES string of the molecule is CC1=CC[C@H]2C(=O)N([C@@H](CC(C)C)C(=O)[O-])C(=O)[C@@H]2C1. The minimum atomic E-state index is -1.34. The topological polar surface area (TPSA) is 77.5 Å². The number of imide groups is 1. The summed E-state index contributed by atoms with van der Waals surface area (Å²) in [6.45, 7) is 5.65. The molecular weight excluding hydrogens is 258 g/mol. The zero-order valence-electron chi connectivity index (χ0n) is 12.1. The number of carbonyl (C=O) groups excluding carboxylic acids is 3. The third-order valence-corrected chi connectivity index (χ3v) is 4.14. The van der Waals surface area contributed by atoms with Gasteiger partial charge in [-0.2, -0.15) is 0 Å². The number of hydrogen-bond donors (Lipinski definition) is 0. The molecule has 0 N–H and O–H groups in total. The van der Waals surface area contributed by atoms with Crippen LogP contribution in [0.5, 0.6) is 0 Å². The third kappa shape index (κ3) is 2.49. The van der Waals surface area contributed by atoms with Crippen molar-refractivity contribution in [1.29, 1.82) is 0 Å². The molecule has 0 aromatic heterocycles. The monoisotopic (exact) mass is 278 g/mol. The van der Waals surface area contributed by atoms with E-state index in [4.69, 9.17) is 0 Å². The van der Waals surface area contributed by atoms with Crippen molar-refractivity contribution in [2.24, 2.45) is 17.8 Å². The number of allylic oxidation sites excluding steroid dienone is 2. The third-order valence-electron chi connectivity index (χ3n) is 4.14. The van der Waals surface area contributed by atoms with Gasteiger partial charge in [-0.25, -0.2) is 0 Å². The molecule has 0 spiro atoms. The largest absolute Gasteiger partial charge is 0.548 e. The van der Waals surface area contributed by atoms with E-state index in [0.717, 1.165) is 10.5 Å². The molecule has 0 aromatic rings. The van der Waals surface area contributed by atoms with Gasteiger partial charge in [-0.1, -0.05) is 25.5 Å². The van der Waals surface area contributed by atoms with Crippen molar-refractivity contribution in [2.45, 2.75) is 46.1 Å². The molecule has 0 bridgehead atoms. The van der Waals surface area contributed by atoms with E-state index in [1.807, 2.05) is 26.8 Å². The number of carbonyl (C=O) groups is 3. The summed E-state index contributed by atoms with van der Waals surface area (Å²) in [5.41, 5.74) is 1.09. The van der Waals surface area contributed by atoms with Gasteiger partial charge in [0.15, 0.2) is 0 Å². The molecule has 0 radical (unpaired) electrons. The molecule has 20 heavy (non-hydrogen) atoms. The first kappa shape index (κ1) is 14.8. The predicted molar refractivity (Wildman–Crippen MR) is 70.1 cm³/mol. The zero-order valence-corrected chi connectivity index (χ0v) is 12.1. The summed E-state index contributed by atoms with van der Waals surface area (Å²) in [5.74, 6) is -2.74. The quantitative estimate of drug-likeness (QED) is 0.554. The molecule has 5 nitrogen and oxygen atoms in total. The summed E-state index contributed by atoms with van der Waals surface area (Å²) in [5, 5.41) is 11.3. The molecule has 1 heterocycles. The van der Waals surface area contributed by atoms with Crippen molar-refractivity contribution < 1.29 is 19.5 Å². The van der Waals surface area contributed by atoms with E-state index in [2.05, 4.69) is 0 Å². The van der Waals surface area contributed by atoms with Crippen LogP contribution in [0.1, 0.15) is 40.0 Å². The molecule has 0 aromatic carbocycles. The smallest absolute Gasteiger partial charge is 0.234 e. The Morgan fingerprint density at radius 1 is 1.35 bits per heavy atom. The number of carboxylic acid groups (broad SMARTS) is 1. The van der Waals surface area contributed by atoms with Crippen LogP contribution in [-0.2, 0) is 14.4 Å². The molecule has 2 rings (SSSR count). The van der Waals surface area contributed by atoms with E-state index in [-0.39, 0.29) is 36.0 Å². The van der Waals surface area contributed by atoms with E-state index in [0.29, 0.717) is 12.8 Å². The van der Waals surface area contributed by atoms with Crippen LogP contribution in [0, 0.1) is 17.8 Å². The van der Waals surface area contributed by atoms with Gasteiger partial charge in [0.1, 0.15) is 0 Å². The van der Waals surface area contributed by atoms with Crippen molar-refractivity contribution >= 4 is 17.8 Å². The van der Waals surface area contributed by atoms with Crippen LogP contribution in [0.15, 0.2) is 11.6 Å². The fourth-order valence-electron chi connectivity index (χ4n) is 3.12. The molecule has 2 aliphatic rings. The summed E-state index contributed by atoms with van der Waals surface area (Å²) < 4.78 is 0. The fraction of sp³-hybridized carbons (Fsp3) is 0.667. The summed E-state index contributed by atoms with van der Waals surface area (Å²) in [6, 6.07) is -1.14. The molecule has 1 aliphatic heterocycles. The van der Waals surface area contributed by atoms with Crippen molar-refractivity contribution in [3.63, 3.8) is 0 Å². The maximum absolute atomic E-state index is 12.4. The van der Waals surface area contributed by atoms with Crippen LogP contribution >= 0.6 is 0 Å². The summed E-state index contributed by atoms with van der Waals surface area (Å²) in [4.78, 5) is 37.0. The fourth-order valence-corrected chi connectivity index (χ4v) is 3.12. The molecule has 110 valence electrons. The van der Waals surface area contributed by atoms with Crippen LogP contribution in [-0.4, -0.2) is 28.7 Å². The number of hydrogen-bond acceptors (Lipinski definition) is 4. The normalized spacial score (nSPS) is 27.6. The molecule has 0 saturated carbocycles. The highest BCUT2D eigenvalue weighted by atomic mass is 16.4. The average Bonchev–Trinajstić information content (AvgIpc) is 2.58. The Bertz CT molecular complexity index is 480. The van der Waals surface area contributed by atoms with Crippen molar-refractivity contribution in [3.8, 4) is 0 Å². The summed E-state index contributed by atoms with van der Waals surface area (Å²) >= 11 is 0. The molecule has 2 amide bonds. The number of nitrogens with zero attached hydrogens (tertiary/aromatic N) is 1. The van der Waals surface area contributed by atoms with Crippen LogP contribution in [0.4, 0.5) is 0 Å². The van der Waals surface area contributed by atoms with Crippen molar-refractivity contribution in [3.05, 3.63) is 11.6 Å². The molecule has 1 fully saturated rings. The number of amides is 2. The van der Waals surface area contributed by atoms with Gasteiger partial charge in [0.25, 0.3) is 0 Å². The molecule has 1 saturated heterocycles. The minimum absolute atomic E-state index is 0.0704. The van der Waals surface area contributed by atoms with E-state index in [1.54, 1.807) is 0 Å². The number of rotatable bonds is 4. The van der Waals surface area contributed by atoms with Crippen LogP contribution in [0.25, 0.3) is 0 Å². The molecular formula is C15H20NO4-. The lowest BCUT2D eigenvalue weighted by atomic mass is 9.82. The Balaban J connectivity index is 2.27. The van der Waals surface area contributed by atoms with Gasteiger partial charge in [0.05, 0.1) is 23.8 Å². The van der Waals surface area contributed by atoms with Gasteiger partial charge in [-0.3, -0.25) is 14.5 Å². The number of aliphatic carboxylic acids is 1. The molecule has 1 aliphatic carbocycles. The van der Waals surface area contributed by atoms with E-state index >= 15 is 0 Å². The second-order valence-electron chi connectivity index (χ2n) is 6.21. The highest BCUT2D eigenvalue weighted by Crippen LogP contribution is 2.39. The Morgan fingerprint density at radius 3 is 2.50 bits per heavy atom. The lowest BCUT2D eigenvalue weighted by Crippen LogP contribution is -2.51. The summed E-state index contributed by atoms with van der Waals surface area (Å²) in [7, 11) is 0. The second kappa shape index (κ2) is 5.38. The Hall–Kier alpha value is -1.65. The Kier molecular flexibility index (Phi) is 3.97. The van der Waals surface area contributed by atoms with E-state index in [9.17, 15) is 19.5 Å². The first-order chi connectivity index (χ1) is 9.32. The lowest BCUT2D eigenvalue weighted by molar-refractivity contribution is -0.311.